The molecule has 0 spiro atoms. The third kappa shape index (κ3) is 4.51. The van der Waals surface area contributed by atoms with E-state index in [9.17, 15) is 13.6 Å². The van der Waals surface area contributed by atoms with Crippen molar-refractivity contribution in [1.82, 2.24) is 29.8 Å². The van der Waals surface area contributed by atoms with Crippen LogP contribution in [-0.2, 0) is 20.1 Å². The molecule has 1 N–H and O–H groups in total. The number of aromatic nitrogens is 4. The molecule has 2 aromatic carbocycles. The summed E-state index contributed by atoms with van der Waals surface area (Å²) in [5.74, 6) is -1.33. The Morgan fingerprint density at radius 1 is 1.03 bits per heavy atom. The fourth-order valence-corrected chi connectivity index (χ4v) is 4.61. The van der Waals surface area contributed by atoms with Crippen molar-refractivity contribution >= 4 is 21.9 Å². The number of piperidine rings is 1. The quantitative estimate of drug-likeness (QED) is 0.487. The maximum Gasteiger partial charge on any atom is 0.251 e. The number of fused-ring (bicyclic) bond motifs is 2. The molecule has 1 aliphatic rings. The van der Waals surface area contributed by atoms with Crippen LogP contribution in [-0.4, -0.2) is 50.1 Å². The van der Waals surface area contributed by atoms with Gasteiger partial charge in [-0.15, -0.1) is 5.10 Å². The van der Waals surface area contributed by atoms with Gasteiger partial charge in [0.25, 0.3) is 5.56 Å². The molecule has 3 heterocycles. The van der Waals surface area contributed by atoms with Crippen molar-refractivity contribution in [2.45, 2.75) is 32.0 Å². The number of benzene rings is 2. The SMILES string of the molecule is Cn1nnc2cc(CNC3CCN(CCn4c(=O)ccc5c(F)cc(F)cc54)CC3)ccc21. The number of nitrogens with zero attached hydrogens (tertiary/aromatic N) is 5. The van der Waals surface area contributed by atoms with E-state index < -0.39 is 11.6 Å². The van der Waals surface area contributed by atoms with Crippen LogP contribution in [0.25, 0.3) is 21.9 Å². The average molecular weight is 453 g/mol. The van der Waals surface area contributed by atoms with Gasteiger partial charge in [0.2, 0.25) is 0 Å². The van der Waals surface area contributed by atoms with Crippen LogP contribution < -0.4 is 10.9 Å². The largest absolute Gasteiger partial charge is 0.310 e. The number of nitrogens with one attached hydrogen (secondary N) is 1. The number of rotatable bonds is 6. The van der Waals surface area contributed by atoms with Gasteiger partial charge >= 0.3 is 0 Å². The molecule has 9 heteroatoms. The molecule has 0 saturated carbocycles. The van der Waals surface area contributed by atoms with Gasteiger partial charge in [-0.2, -0.15) is 0 Å². The first-order valence-corrected chi connectivity index (χ1v) is 11.2. The van der Waals surface area contributed by atoms with Gasteiger partial charge in [0.05, 0.1) is 11.0 Å². The molecule has 2 aromatic heterocycles. The number of likely N-dealkylation sites (tertiary alicyclic amines) is 1. The first kappa shape index (κ1) is 21.7. The van der Waals surface area contributed by atoms with E-state index in [0.29, 0.717) is 24.6 Å². The Balaban J connectivity index is 1.16. The van der Waals surface area contributed by atoms with Crippen molar-refractivity contribution in [2.24, 2.45) is 7.05 Å². The van der Waals surface area contributed by atoms with Crippen LogP contribution in [0.5, 0.6) is 0 Å². The van der Waals surface area contributed by atoms with Crippen LogP contribution in [0, 0.1) is 11.6 Å². The summed E-state index contributed by atoms with van der Waals surface area (Å²) in [5, 5.41) is 12.1. The Hall–Kier alpha value is -3.17. The van der Waals surface area contributed by atoms with Crippen LogP contribution in [0.2, 0.25) is 0 Å². The topological polar surface area (TPSA) is 68.0 Å². The molecule has 1 saturated heterocycles. The number of aryl methyl sites for hydroxylation is 1. The summed E-state index contributed by atoms with van der Waals surface area (Å²) in [7, 11) is 1.88. The molecule has 172 valence electrons. The summed E-state index contributed by atoms with van der Waals surface area (Å²) in [6.07, 6.45) is 2.00. The van der Waals surface area contributed by atoms with E-state index >= 15 is 0 Å². The van der Waals surface area contributed by atoms with Gasteiger partial charge in [0.1, 0.15) is 17.2 Å². The maximum atomic E-state index is 14.1. The molecule has 0 unspecified atom stereocenters. The smallest absolute Gasteiger partial charge is 0.251 e. The minimum Gasteiger partial charge on any atom is -0.310 e. The van der Waals surface area contributed by atoms with E-state index in [2.05, 4.69) is 32.7 Å². The summed E-state index contributed by atoms with van der Waals surface area (Å²) in [5.41, 5.74) is 3.15. The molecule has 5 rings (SSSR count). The lowest BCUT2D eigenvalue weighted by Gasteiger charge is -2.32. The van der Waals surface area contributed by atoms with Crippen LogP contribution in [0.15, 0.2) is 47.3 Å². The average Bonchev–Trinajstić information content (AvgIpc) is 3.17. The highest BCUT2D eigenvalue weighted by molar-refractivity contribution is 5.79. The third-order valence-electron chi connectivity index (χ3n) is 6.52. The molecular weight excluding hydrogens is 426 g/mol. The fraction of sp³-hybridized carbons (Fsp3) is 0.375. The molecule has 4 aromatic rings. The second-order valence-corrected chi connectivity index (χ2v) is 8.68. The molecule has 0 bridgehead atoms. The van der Waals surface area contributed by atoms with Crippen LogP contribution in [0.3, 0.4) is 0 Å². The first-order valence-electron chi connectivity index (χ1n) is 11.2. The summed E-state index contributed by atoms with van der Waals surface area (Å²) in [6, 6.07) is 11.5. The van der Waals surface area contributed by atoms with Crippen molar-refractivity contribution in [1.29, 1.82) is 0 Å². The molecule has 33 heavy (non-hydrogen) atoms. The van der Waals surface area contributed by atoms with Gasteiger partial charge in [-0.05, 0) is 55.8 Å². The second kappa shape index (κ2) is 8.99. The van der Waals surface area contributed by atoms with Crippen LogP contribution >= 0.6 is 0 Å². The first-order chi connectivity index (χ1) is 16.0. The van der Waals surface area contributed by atoms with Crippen molar-refractivity contribution in [3.05, 3.63) is 70.0 Å². The lowest BCUT2D eigenvalue weighted by atomic mass is 10.0. The van der Waals surface area contributed by atoms with Gasteiger partial charge in [0.15, 0.2) is 0 Å². The Bertz CT molecular complexity index is 1360. The van der Waals surface area contributed by atoms with Gasteiger partial charge in [0, 0.05) is 50.2 Å². The zero-order chi connectivity index (χ0) is 22.9. The summed E-state index contributed by atoms with van der Waals surface area (Å²) >= 11 is 0. The minimum atomic E-state index is -0.676. The van der Waals surface area contributed by atoms with Crippen molar-refractivity contribution < 1.29 is 8.78 Å². The monoisotopic (exact) mass is 452 g/mol. The van der Waals surface area contributed by atoms with Crippen LogP contribution in [0.1, 0.15) is 18.4 Å². The zero-order valence-electron chi connectivity index (χ0n) is 18.5. The predicted octanol–water partition coefficient (Wildman–Crippen LogP) is 2.82. The van der Waals surface area contributed by atoms with E-state index in [1.54, 1.807) is 4.68 Å². The van der Waals surface area contributed by atoms with E-state index in [-0.39, 0.29) is 10.9 Å². The standard InChI is InChI=1S/C24H26F2N6O/c1-30-22-4-2-16(12-21(22)28-29-30)15-27-18-6-8-31(9-7-18)10-11-32-23-14-17(25)13-20(26)19(23)3-5-24(32)33/h2-5,12-14,18,27H,6-11,15H2,1H3. The highest BCUT2D eigenvalue weighted by atomic mass is 19.1. The van der Waals surface area contributed by atoms with Gasteiger partial charge in [-0.1, -0.05) is 11.3 Å². The fourth-order valence-electron chi connectivity index (χ4n) is 4.61. The number of hydrogen-bond acceptors (Lipinski definition) is 5. The number of hydrogen-bond donors (Lipinski definition) is 1. The Kier molecular flexibility index (Phi) is 5.90. The third-order valence-corrected chi connectivity index (χ3v) is 6.52. The van der Waals surface area contributed by atoms with E-state index in [4.69, 9.17) is 0 Å². The van der Waals surface area contributed by atoms with Crippen LogP contribution in [0.4, 0.5) is 8.78 Å². The van der Waals surface area contributed by atoms with Crippen molar-refractivity contribution in [2.75, 3.05) is 19.6 Å². The maximum absolute atomic E-state index is 14.1. The number of halogens is 2. The molecule has 1 aliphatic heterocycles. The molecule has 0 radical (unpaired) electrons. The Morgan fingerprint density at radius 2 is 1.85 bits per heavy atom. The molecule has 0 amide bonds. The second-order valence-electron chi connectivity index (χ2n) is 8.68. The lowest BCUT2D eigenvalue weighted by molar-refractivity contribution is 0.191. The zero-order valence-corrected chi connectivity index (χ0v) is 18.5. The molecule has 0 aliphatic carbocycles. The van der Waals surface area contributed by atoms with E-state index in [1.165, 1.54) is 28.3 Å². The summed E-state index contributed by atoms with van der Waals surface area (Å²) in [6.45, 7) is 3.65. The molecule has 1 fully saturated rings. The highest BCUT2D eigenvalue weighted by Crippen LogP contribution is 2.19. The van der Waals surface area contributed by atoms with E-state index in [1.807, 2.05) is 13.1 Å². The summed E-state index contributed by atoms with van der Waals surface area (Å²) in [4.78, 5) is 14.7. The minimum absolute atomic E-state index is 0.246. The normalized spacial score (nSPS) is 15.6. The lowest BCUT2D eigenvalue weighted by Crippen LogP contribution is -2.43. The van der Waals surface area contributed by atoms with Gasteiger partial charge in [-0.3, -0.25) is 4.79 Å². The van der Waals surface area contributed by atoms with E-state index in [0.717, 1.165) is 49.6 Å². The van der Waals surface area contributed by atoms with Crippen molar-refractivity contribution in [3.63, 3.8) is 0 Å². The van der Waals surface area contributed by atoms with Gasteiger partial charge in [-0.25, -0.2) is 13.5 Å². The molecule has 7 nitrogen and oxygen atoms in total. The molecular formula is C24H26F2N6O. The van der Waals surface area contributed by atoms with Gasteiger partial charge < -0.3 is 14.8 Å². The Labute approximate surface area is 189 Å². The molecule has 0 atom stereocenters. The number of pyridine rings is 1. The van der Waals surface area contributed by atoms with Crippen molar-refractivity contribution in [3.8, 4) is 0 Å². The summed E-state index contributed by atoms with van der Waals surface area (Å²) < 4.78 is 31.1. The highest BCUT2D eigenvalue weighted by Gasteiger charge is 2.19. The predicted molar refractivity (Wildman–Crippen MR) is 123 cm³/mol. The Morgan fingerprint density at radius 3 is 2.67 bits per heavy atom.